The molecular formula is C15H12F2N2O2. The van der Waals surface area contributed by atoms with Crippen LogP contribution in [0.4, 0.5) is 14.5 Å². The van der Waals surface area contributed by atoms with E-state index in [-0.39, 0.29) is 11.4 Å². The summed E-state index contributed by atoms with van der Waals surface area (Å²) in [5, 5.41) is 2.49. The number of pyridine rings is 1. The van der Waals surface area contributed by atoms with Crippen molar-refractivity contribution in [2.24, 2.45) is 0 Å². The molecule has 0 bridgehead atoms. The number of carbonyl (C=O) groups excluding carboxylic acids is 1. The van der Waals surface area contributed by atoms with Crippen molar-refractivity contribution >= 4 is 17.7 Å². The summed E-state index contributed by atoms with van der Waals surface area (Å²) >= 11 is 0. The summed E-state index contributed by atoms with van der Waals surface area (Å²) in [6.07, 6.45) is 6.09. The van der Waals surface area contributed by atoms with E-state index < -0.39 is 12.5 Å². The molecular weight excluding hydrogens is 278 g/mol. The minimum Gasteiger partial charge on any atom is -0.433 e. The van der Waals surface area contributed by atoms with Crippen LogP contribution >= 0.6 is 0 Å². The molecule has 0 aliphatic carbocycles. The van der Waals surface area contributed by atoms with Gasteiger partial charge in [0.15, 0.2) is 0 Å². The van der Waals surface area contributed by atoms with Crippen molar-refractivity contribution < 1.29 is 18.3 Å². The molecule has 0 fully saturated rings. The summed E-state index contributed by atoms with van der Waals surface area (Å²) in [4.78, 5) is 15.6. The van der Waals surface area contributed by atoms with Gasteiger partial charge >= 0.3 is 6.61 Å². The van der Waals surface area contributed by atoms with Crippen LogP contribution in [-0.2, 0) is 4.79 Å². The van der Waals surface area contributed by atoms with Gasteiger partial charge in [0, 0.05) is 18.5 Å². The number of anilines is 1. The number of benzene rings is 1. The molecule has 0 aliphatic heterocycles. The quantitative estimate of drug-likeness (QED) is 0.859. The molecule has 0 unspecified atom stereocenters. The summed E-state index contributed by atoms with van der Waals surface area (Å²) in [7, 11) is 0. The van der Waals surface area contributed by atoms with Crippen molar-refractivity contribution in [2.45, 2.75) is 6.61 Å². The number of ether oxygens (including phenoxy) is 1. The van der Waals surface area contributed by atoms with Crippen LogP contribution in [0, 0.1) is 0 Å². The molecule has 2 aromatic rings. The smallest absolute Gasteiger partial charge is 0.387 e. The molecule has 108 valence electrons. The lowest BCUT2D eigenvalue weighted by Crippen LogP contribution is -2.11. The van der Waals surface area contributed by atoms with Crippen LogP contribution in [0.5, 0.6) is 5.75 Å². The first-order valence-electron chi connectivity index (χ1n) is 6.08. The zero-order chi connectivity index (χ0) is 15.1. The predicted molar refractivity (Wildman–Crippen MR) is 75.0 cm³/mol. The van der Waals surface area contributed by atoms with E-state index in [0.29, 0.717) is 0 Å². The molecule has 0 atom stereocenters. The van der Waals surface area contributed by atoms with Crippen LogP contribution in [0.15, 0.2) is 54.9 Å². The van der Waals surface area contributed by atoms with Gasteiger partial charge in [-0.3, -0.25) is 9.78 Å². The zero-order valence-electron chi connectivity index (χ0n) is 10.9. The number of aromatic nitrogens is 1. The maximum Gasteiger partial charge on any atom is 0.387 e. The molecule has 0 aliphatic rings. The Hall–Kier alpha value is -2.76. The van der Waals surface area contributed by atoms with Crippen LogP contribution in [0.2, 0.25) is 0 Å². The zero-order valence-corrected chi connectivity index (χ0v) is 10.9. The molecule has 6 heteroatoms. The number of para-hydroxylation sites is 2. The molecule has 1 N–H and O–H groups in total. The molecule has 1 amide bonds. The fourth-order valence-corrected chi connectivity index (χ4v) is 1.59. The van der Waals surface area contributed by atoms with Crippen molar-refractivity contribution in [3.8, 4) is 5.75 Å². The molecule has 1 heterocycles. The third-order valence-corrected chi connectivity index (χ3v) is 2.49. The minimum absolute atomic E-state index is 0.0850. The highest BCUT2D eigenvalue weighted by molar-refractivity contribution is 6.02. The van der Waals surface area contributed by atoms with Gasteiger partial charge in [-0.25, -0.2) is 0 Å². The molecule has 1 aromatic heterocycles. The van der Waals surface area contributed by atoms with Crippen LogP contribution in [0.3, 0.4) is 0 Å². The van der Waals surface area contributed by atoms with Crippen LogP contribution in [0.25, 0.3) is 6.08 Å². The van der Waals surface area contributed by atoms with Crippen LogP contribution in [0.1, 0.15) is 5.56 Å². The summed E-state index contributed by atoms with van der Waals surface area (Å²) in [5.41, 5.74) is 0.986. The highest BCUT2D eigenvalue weighted by Gasteiger charge is 2.10. The lowest BCUT2D eigenvalue weighted by Gasteiger charge is -2.10. The third-order valence-electron chi connectivity index (χ3n) is 2.49. The second-order valence-corrected chi connectivity index (χ2v) is 3.98. The maximum absolute atomic E-state index is 12.3. The van der Waals surface area contributed by atoms with E-state index in [0.717, 1.165) is 5.56 Å². The van der Waals surface area contributed by atoms with Crippen LogP contribution < -0.4 is 10.1 Å². The number of alkyl halides is 2. The van der Waals surface area contributed by atoms with Gasteiger partial charge in [0.05, 0.1) is 5.69 Å². The maximum atomic E-state index is 12.3. The van der Waals surface area contributed by atoms with Gasteiger partial charge in [-0.15, -0.1) is 0 Å². The molecule has 4 nitrogen and oxygen atoms in total. The normalized spacial score (nSPS) is 10.8. The van der Waals surface area contributed by atoms with E-state index in [9.17, 15) is 13.6 Å². The Morgan fingerprint density at radius 3 is 2.62 bits per heavy atom. The minimum atomic E-state index is -2.95. The molecule has 0 saturated carbocycles. The average Bonchev–Trinajstić information content (AvgIpc) is 2.48. The fraction of sp³-hybridized carbons (Fsp3) is 0.0667. The second kappa shape index (κ2) is 7.14. The first-order valence-corrected chi connectivity index (χ1v) is 6.08. The molecule has 21 heavy (non-hydrogen) atoms. The predicted octanol–water partition coefficient (Wildman–Crippen LogP) is 3.33. The lowest BCUT2D eigenvalue weighted by molar-refractivity contribution is -0.111. The summed E-state index contributed by atoms with van der Waals surface area (Å²) in [5.74, 6) is -0.532. The van der Waals surface area contributed by atoms with E-state index in [4.69, 9.17) is 0 Å². The van der Waals surface area contributed by atoms with Crippen molar-refractivity contribution in [3.05, 3.63) is 60.4 Å². The first kappa shape index (κ1) is 14.6. The Kier molecular flexibility index (Phi) is 4.98. The van der Waals surface area contributed by atoms with Gasteiger partial charge in [-0.05, 0) is 35.9 Å². The Balaban J connectivity index is 2.04. The van der Waals surface area contributed by atoms with Gasteiger partial charge in [0.2, 0.25) is 5.91 Å². The molecule has 0 radical (unpaired) electrons. The number of amides is 1. The van der Waals surface area contributed by atoms with Crippen molar-refractivity contribution in [3.63, 3.8) is 0 Å². The number of rotatable bonds is 5. The van der Waals surface area contributed by atoms with E-state index >= 15 is 0 Å². The SMILES string of the molecule is O=C(C=Cc1ccncc1)Nc1ccccc1OC(F)F. The van der Waals surface area contributed by atoms with Crippen molar-refractivity contribution in [1.29, 1.82) is 0 Å². The monoisotopic (exact) mass is 290 g/mol. The van der Waals surface area contributed by atoms with Gasteiger partial charge in [-0.1, -0.05) is 12.1 Å². The number of hydrogen-bond acceptors (Lipinski definition) is 3. The number of nitrogens with zero attached hydrogens (tertiary/aromatic N) is 1. The number of halogens is 2. The Morgan fingerprint density at radius 2 is 1.90 bits per heavy atom. The molecule has 0 saturated heterocycles. The Bertz CT molecular complexity index is 631. The summed E-state index contributed by atoms with van der Waals surface area (Å²) in [6, 6.07) is 9.46. The van der Waals surface area contributed by atoms with E-state index in [1.54, 1.807) is 42.7 Å². The Labute approximate surface area is 120 Å². The standard InChI is InChI=1S/C15H12F2N2O2/c16-15(17)21-13-4-2-1-3-12(13)19-14(20)6-5-11-7-9-18-10-8-11/h1-10,15H,(H,19,20). The molecule has 1 aromatic carbocycles. The van der Waals surface area contributed by atoms with Gasteiger partial charge in [-0.2, -0.15) is 8.78 Å². The number of carbonyl (C=O) groups is 1. The van der Waals surface area contributed by atoms with E-state index in [2.05, 4.69) is 15.0 Å². The van der Waals surface area contributed by atoms with Crippen LogP contribution in [-0.4, -0.2) is 17.5 Å². The molecule has 2 rings (SSSR count). The second-order valence-electron chi connectivity index (χ2n) is 3.98. The molecule has 0 spiro atoms. The summed E-state index contributed by atoms with van der Waals surface area (Å²) < 4.78 is 28.8. The van der Waals surface area contributed by atoms with Gasteiger partial charge in [0.1, 0.15) is 5.75 Å². The topological polar surface area (TPSA) is 51.2 Å². The van der Waals surface area contributed by atoms with E-state index in [1.165, 1.54) is 18.2 Å². The fourth-order valence-electron chi connectivity index (χ4n) is 1.59. The largest absolute Gasteiger partial charge is 0.433 e. The first-order chi connectivity index (χ1) is 10.1. The lowest BCUT2D eigenvalue weighted by atomic mass is 10.2. The average molecular weight is 290 g/mol. The summed E-state index contributed by atoms with van der Waals surface area (Å²) in [6.45, 7) is -2.95. The number of hydrogen-bond donors (Lipinski definition) is 1. The highest BCUT2D eigenvalue weighted by Crippen LogP contribution is 2.25. The van der Waals surface area contributed by atoms with Gasteiger partial charge < -0.3 is 10.1 Å². The third kappa shape index (κ3) is 4.68. The highest BCUT2D eigenvalue weighted by atomic mass is 19.3. The van der Waals surface area contributed by atoms with Crippen molar-refractivity contribution in [1.82, 2.24) is 4.98 Å². The number of nitrogens with one attached hydrogen (secondary N) is 1. The Morgan fingerprint density at radius 1 is 1.19 bits per heavy atom. The van der Waals surface area contributed by atoms with Gasteiger partial charge in [0.25, 0.3) is 0 Å². The van der Waals surface area contributed by atoms with E-state index in [1.807, 2.05) is 0 Å². The van der Waals surface area contributed by atoms with Crippen molar-refractivity contribution in [2.75, 3.05) is 5.32 Å².